The highest BCUT2D eigenvalue weighted by Gasteiger charge is 2.19. The van der Waals surface area contributed by atoms with Crippen molar-refractivity contribution in [2.24, 2.45) is 5.84 Å². The zero-order valence-corrected chi connectivity index (χ0v) is 12.2. The predicted octanol–water partition coefficient (Wildman–Crippen LogP) is 0.131. The van der Waals surface area contributed by atoms with Crippen molar-refractivity contribution in [3.05, 3.63) is 18.3 Å². The van der Waals surface area contributed by atoms with Gasteiger partial charge in [0.15, 0.2) is 5.82 Å². The molecule has 0 aliphatic carbocycles. The van der Waals surface area contributed by atoms with Crippen LogP contribution >= 0.6 is 0 Å². The van der Waals surface area contributed by atoms with Gasteiger partial charge in [-0.05, 0) is 38.1 Å². The van der Waals surface area contributed by atoms with Crippen LogP contribution in [-0.4, -0.2) is 44.5 Å². The third-order valence-electron chi connectivity index (χ3n) is 3.37. The number of rotatable bonds is 6. The van der Waals surface area contributed by atoms with Crippen LogP contribution in [0.1, 0.15) is 19.3 Å². The molecular weight excluding hydrogens is 278 g/mol. The Morgan fingerprint density at radius 3 is 2.75 bits per heavy atom. The van der Waals surface area contributed by atoms with Crippen LogP contribution in [0.4, 0.5) is 5.82 Å². The van der Waals surface area contributed by atoms with Crippen molar-refractivity contribution < 1.29 is 8.42 Å². The van der Waals surface area contributed by atoms with Crippen LogP contribution in [0.5, 0.6) is 0 Å². The summed E-state index contributed by atoms with van der Waals surface area (Å²) < 4.78 is 27.0. The Hall–Kier alpha value is -1.22. The van der Waals surface area contributed by atoms with Crippen molar-refractivity contribution >= 4 is 15.8 Å². The zero-order valence-electron chi connectivity index (χ0n) is 11.4. The third kappa shape index (κ3) is 3.89. The van der Waals surface area contributed by atoms with Crippen LogP contribution in [0.15, 0.2) is 23.2 Å². The Labute approximate surface area is 119 Å². The number of pyridine rings is 1. The van der Waals surface area contributed by atoms with E-state index in [2.05, 4.69) is 20.0 Å². The molecule has 112 valence electrons. The number of nitrogens with zero attached hydrogens (tertiary/aromatic N) is 2. The van der Waals surface area contributed by atoms with E-state index in [1.807, 2.05) is 0 Å². The number of nitrogens with two attached hydrogens (primary N) is 1. The molecule has 0 amide bonds. The summed E-state index contributed by atoms with van der Waals surface area (Å²) in [5.74, 6) is 5.43. The lowest BCUT2D eigenvalue weighted by atomic mass is 10.1. The summed E-state index contributed by atoms with van der Waals surface area (Å²) in [7, 11) is -3.59. The lowest BCUT2D eigenvalue weighted by molar-refractivity contribution is 0.233. The number of aromatic nitrogens is 1. The fraction of sp³-hybridized carbons (Fsp3) is 0.583. The highest BCUT2D eigenvalue weighted by atomic mass is 32.2. The standard InChI is InChI=1S/C12H21N5O2S/c13-16-12-11(5-4-6-14-12)20(18,19)15-7-10-17-8-2-1-3-9-17/h4-6,15H,1-3,7-10,13H2,(H,14,16). The first-order valence-electron chi connectivity index (χ1n) is 6.77. The van der Waals surface area contributed by atoms with Crippen LogP contribution < -0.4 is 16.0 Å². The van der Waals surface area contributed by atoms with Gasteiger partial charge in [-0.3, -0.25) is 0 Å². The topological polar surface area (TPSA) is 100 Å². The number of likely N-dealkylation sites (tertiary alicyclic amines) is 1. The molecule has 0 radical (unpaired) electrons. The minimum atomic E-state index is -3.59. The summed E-state index contributed by atoms with van der Waals surface area (Å²) in [6.07, 6.45) is 5.14. The summed E-state index contributed by atoms with van der Waals surface area (Å²) >= 11 is 0. The van der Waals surface area contributed by atoms with E-state index in [1.165, 1.54) is 31.5 Å². The molecule has 1 aromatic heterocycles. The molecule has 0 bridgehead atoms. The minimum Gasteiger partial charge on any atom is -0.307 e. The molecule has 1 aliphatic rings. The molecule has 1 aromatic rings. The monoisotopic (exact) mass is 299 g/mol. The number of anilines is 1. The number of hydrazine groups is 1. The van der Waals surface area contributed by atoms with Gasteiger partial charge in [0, 0.05) is 19.3 Å². The Morgan fingerprint density at radius 2 is 2.05 bits per heavy atom. The van der Waals surface area contributed by atoms with Crippen molar-refractivity contribution in [2.45, 2.75) is 24.2 Å². The maximum absolute atomic E-state index is 12.2. The van der Waals surface area contributed by atoms with Gasteiger partial charge in [0.1, 0.15) is 4.90 Å². The molecule has 20 heavy (non-hydrogen) atoms. The van der Waals surface area contributed by atoms with Crippen molar-refractivity contribution in [3.63, 3.8) is 0 Å². The molecule has 0 atom stereocenters. The average Bonchev–Trinajstić information content (AvgIpc) is 2.48. The minimum absolute atomic E-state index is 0.0705. The third-order valence-corrected chi connectivity index (χ3v) is 4.86. The van der Waals surface area contributed by atoms with Gasteiger partial charge < -0.3 is 10.3 Å². The van der Waals surface area contributed by atoms with Gasteiger partial charge in [-0.1, -0.05) is 6.42 Å². The predicted molar refractivity (Wildman–Crippen MR) is 77.5 cm³/mol. The quantitative estimate of drug-likeness (QED) is 0.510. The van der Waals surface area contributed by atoms with Crippen molar-refractivity contribution in [3.8, 4) is 0 Å². The van der Waals surface area contributed by atoms with Crippen molar-refractivity contribution in [2.75, 3.05) is 31.6 Å². The van der Waals surface area contributed by atoms with Gasteiger partial charge in [-0.25, -0.2) is 24.0 Å². The van der Waals surface area contributed by atoms with Gasteiger partial charge in [0.25, 0.3) is 0 Å². The Kier molecular flexibility index (Phi) is 5.30. The van der Waals surface area contributed by atoms with E-state index in [9.17, 15) is 8.42 Å². The summed E-state index contributed by atoms with van der Waals surface area (Å²) in [6, 6.07) is 3.05. The molecule has 1 saturated heterocycles. The van der Waals surface area contributed by atoms with E-state index in [0.29, 0.717) is 6.54 Å². The van der Waals surface area contributed by atoms with Crippen LogP contribution in [0.25, 0.3) is 0 Å². The number of sulfonamides is 1. The number of nitrogen functional groups attached to an aromatic ring is 1. The van der Waals surface area contributed by atoms with E-state index in [1.54, 1.807) is 6.07 Å². The first-order chi connectivity index (χ1) is 9.63. The highest BCUT2D eigenvalue weighted by molar-refractivity contribution is 7.89. The van der Waals surface area contributed by atoms with E-state index in [4.69, 9.17) is 5.84 Å². The Balaban J connectivity index is 1.93. The smallest absolute Gasteiger partial charge is 0.244 e. The van der Waals surface area contributed by atoms with Crippen molar-refractivity contribution in [1.82, 2.24) is 14.6 Å². The lowest BCUT2D eigenvalue weighted by Gasteiger charge is -2.26. The molecule has 0 spiro atoms. The van der Waals surface area contributed by atoms with Crippen LogP contribution in [0.3, 0.4) is 0 Å². The summed E-state index contributed by atoms with van der Waals surface area (Å²) in [5.41, 5.74) is 2.30. The molecule has 7 nitrogen and oxygen atoms in total. The molecular formula is C12H21N5O2S. The summed E-state index contributed by atoms with van der Waals surface area (Å²) in [4.78, 5) is 6.24. The second kappa shape index (κ2) is 6.98. The number of nitrogens with one attached hydrogen (secondary N) is 2. The molecule has 2 heterocycles. The van der Waals surface area contributed by atoms with Gasteiger partial charge >= 0.3 is 0 Å². The summed E-state index contributed by atoms with van der Waals surface area (Å²) in [5, 5.41) is 0. The average molecular weight is 299 g/mol. The van der Waals surface area contributed by atoms with Crippen LogP contribution in [0.2, 0.25) is 0 Å². The molecule has 1 fully saturated rings. The largest absolute Gasteiger partial charge is 0.307 e. The fourth-order valence-corrected chi connectivity index (χ4v) is 3.45. The first-order valence-corrected chi connectivity index (χ1v) is 8.25. The maximum atomic E-state index is 12.2. The molecule has 0 unspecified atom stereocenters. The van der Waals surface area contributed by atoms with Gasteiger partial charge in [-0.15, -0.1) is 0 Å². The second-order valence-corrected chi connectivity index (χ2v) is 6.53. The maximum Gasteiger partial charge on any atom is 0.244 e. The van der Waals surface area contributed by atoms with E-state index < -0.39 is 10.0 Å². The zero-order chi connectivity index (χ0) is 14.4. The normalized spacial score (nSPS) is 17.1. The Morgan fingerprint density at radius 1 is 1.30 bits per heavy atom. The second-order valence-electron chi connectivity index (χ2n) is 4.79. The van der Waals surface area contributed by atoms with Crippen molar-refractivity contribution in [1.29, 1.82) is 0 Å². The molecule has 4 N–H and O–H groups in total. The molecule has 0 aromatic carbocycles. The number of hydrogen-bond donors (Lipinski definition) is 3. The number of piperidine rings is 1. The van der Waals surface area contributed by atoms with E-state index in [0.717, 1.165) is 19.6 Å². The molecule has 8 heteroatoms. The number of hydrogen-bond acceptors (Lipinski definition) is 6. The highest BCUT2D eigenvalue weighted by Crippen LogP contribution is 2.16. The van der Waals surface area contributed by atoms with Crippen LogP contribution in [-0.2, 0) is 10.0 Å². The fourth-order valence-electron chi connectivity index (χ4n) is 2.31. The molecule has 0 saturated carbocycles. The Bertz CT molecular complexity index is 528. The van der Waals surface area contributed by atoms with Gasteiger partial charge in [0.2, 0.25) is 10.0 Å². The van der Waals surface area contributed by atoms with Crippen LogP contribution in [0, 0.1) is 0 Å². The lowest BCUT2D eigenvalue weighted by Crippen LogP contribution is -2.37. The van der Waals surface area contributed by atoms with E-state index in [-0.39, 0.29) is 10.7 Å². The van der Waals surface area contributed by atoms with E-state index >= 15 is 0 Å². The SMILES string of the molecule is NNc1ncccc1S(=O)(=O)NCCN1CCCCC1. The molecule has 1 aliphatic heterocycles. The summed E-state index contributed by atoms with van der Waals surface area (Å²) in [6.45, 7) is 3.21. The van der Waals surface area contributed by atoms with Gasteiger partial charge in [-0.2, -0.15) is 0 Å². The first kappa shape index (κ1) is 15.2. The van der Waals surface area contributed by atoms with Gasteiger partial charge in [0.05, 0.1) is 0 Å². The molecule has 2 rings (SSSR count).